The zero-order chi connectivity index (χ0) is 4.50. The molecule has 0 amide bonds. The molecule has 0 rings (SSSR count). The van der Waals surface area contributed by atoms with Crippen molar-refractivity contribution >= 4 is 61.8 Å². The molecule has 0 saturated heterocycles. The fourth-order valence-corrected chi connectivity index (χ4v) is 0. The topological polar surface area (TPSA) is 74.6 Å². The zero-order valence-electron chi connectivity index (χ0n) is 2.47. The molecule has 0 aliphatic rings. The molecular weight excluding hydrogens is 191 g/mol. The Kier molecular flexibility index (Phi) is 14.1. The Hall–Kier alpha value is 2.03. The summed E-state index contributed by atoms with van der Waals surface area (Å²) in [6, 6.07) is 0. The van der Waals surface area contributed by atoms with Gasteiger partial charge in [-0.05, 0) is 0 Å². The fourth-order valence-electron chi connectivity index (χ4n) is 0. The average molecular weight is 194 g/mol. The van der Waals surface area contributed by atoms with E-state index in [4.69, 9.17) is 17.5 Å². The van der Waals surface area contributed by atoms with Gasteiger partial charge in [0.2, 0.25) is 0 Å². The standard InChI is InChI=1S/Fe.K.H2O4S.H/c;;1-5(2,3)4;/h;;(H2,1,2,3,4);. The first-order valence-corrected chi connectivity index (χ1v) is 2.10. The van der Waals surface area contributed by atoms with Gasteiger partial charge in [0.15, 0.2) is 0 Å². The first kappa shape index (κ1) is 16.0. The van der Waals surface area contributed by atoms with E-state index in [-0.39, 0.29) is 68.5 Å². The van der Waals surface area contributed by atoms with Gasteiger partial charge < -0.3 is 0 Å². The van der Waals surface area contributed by atoms with Crippen LogP contribution in [0.25, 0.3) is 0 Å². The van der Waals surface area contributed by atoms with Crippen LogP contribution in [-0.4, -0.2) is 68.9 Å². The normalized spacial score (nSPS) is 8.29. The summed E-state index contributed by atoms with van der Waals surface area (Å²) in [6.07, 6.45) is 0. The SMILES string of the molecule is O=S(=O)(O)O.[Fe].[KH]. The molecule has 0 aromatic heterocycles. The molecule has 0 spiro atoms. The first-order valence-electron chi connectivity index (χ1n) is 0.698. The van der Waals surface area contributed by atoms with Gasteiger partial charge in [0, 0.05) is 17.1 Å². The Morgan fingerprint density at radius 2 is 1.14 bits per heavy atom. The van der Waals surface area contributed by atoms with E-state index in [1.165, 1.54) is 0 Å². The van der Waals surface area contributed by atoms with E-state index in [2.05, 4.69) is 0 Å². The van der Waals surface area contributed by atoms with Gasteiger partial charge in [0.25, 0.3) is 0 Å². The first-order chi connectivity index (χ1) is 2.00. The molecule has 4 nitrogen and oxygen atoms in total. The van der Waals surface area contributed by atoms with Gasteiger partial charge in [0.05, 0.1) is 0 Å². The van der Waals surface area contributed by atoms with Crippen molar-refractivity contribution in [2.45, 2.75) is 0 Å². The molecule has 0 saturated carbocycles. The third kappa shape index (κ3) is 71.0. The zero-order valence-corrected chi connectivity index (χ0v) is 4.39. The monoisotopic (exact) mass is 194 g/mol. The van der Waals surface area contributed by atoms with E-state index >= 15 is 0 Å². The van der Waals surface area contributed by atoms with Gasteiger partial charge in [0.1, 0.15) is 0 Å². The second kappa shape index (κ2) is 6.15. The molecule has 0 atom stereocenters. The molecule has 2 N–H and O–H groups in total. The molecule has 0 fully saturated rings. The van der Waals surface area contributed by atoms with Crippen LogP contribution in [-0.2, 0) is 27.5 Å². The van der Waals surface area contributed by atoms with Crippen molar-refractivity contribution in [2.75, 3.05) is 0 Å². The molecule has 0 heterocycles. The second-order valence-corrected chi connectivity index (χ2v) is 1.34. The molecule has 0 aliphatic carbocycles. The molecule has 7 heteroatoms. The Morgan fingerprint density at radius 1 is 1.14 bits per heavy atom. The third-order valence-electron chi connectivity index (χ3n) is 0. The summed E-state index contributed by atoms with van der Waals surface area (Å²) in [6.45, 7) is 0. The predicted octanol–water partition coefficient (Wildman–Crippen LogP) is -1.30. The van der Waals surface area contributed by atoms with Crippen LogP contribution in [0, 0.1) is 0 Å². The second-order valence-electron chi connectivity index (χ2n) is 0.448. The van der Waals surface area contributed by atoms with Gasteiger partial charge in [-0.15, -0.1) is 0 Å². The van der Waals surface area contributed by atoms with Crippen molar-refractivity contribution in [3.63, 3.8) is 0 Å². The fraction of sp³-hybridized carbons (Fsp3) is 0. The molecular formula is H3FeKO4S. The Morgan fingerprint density at radius 3 is 1.14 bits per heavy atom. The van der Waals surface area contributed by atoms with E-state index in [0.717, 1.165) is 0 Å². The maximum absolute atomic E-state index is 8.74. The molecule has 42 valence electrons. The van der Waals surface area contributed by atoms with Crippen LogP contribution in [0.5, 0.6) is 0 Å². The van der Waals surface area contributed by atoms with Gasteiger partial charge in [-0.25, -0.2) is 0 Å². The number of rotatable bonds is 0. The third-order valence-corrected chi connectivity index (χ3v) is 0. The van der Waals surface area contributed by atoms with E-state index in [1.807, 2.05) is 0 Å². The quantitative estimate of drug-likeness (QED) is 0.371. The van der Waals surface area contributed by atoms with Crippen molar-refractivity contribution in [1.82, 2.24) is 0 Å². The summed E-state index contributed by atoms with van der Waals surface area (Å²) in [5.74, 6) is 0. The molecule has 0 aliphatic heterocycles. The molecule has 0 aromatic rings. The van der Waals surface area contributed by atoms with Crippen molar-refractivity contribution in [3.05, 3.63) is 0 Å². The summed E-state index contributed by atoms with van der Waals surface area (Å²) >= 11 is 0. The predicted molar refractivity (Wildman–Crippen MR) is 21.3 cm³/mol. The minimum absolute atomic E-state index is 0. The van der Waals surface area contributed by atoms with Crippen LogP contribution < -0.4 is 0 Å². The van der Waals surface area contributed by atoms with Gasteiger partial charge in [-0.2, -0.15) is 8.42 Å². The summed E-state index contributed by atoms with van der Waals surface area (Å²) in [4.78, 5) is 0. The summed E-state index contributed by atoms with van der Waals surface area (Å²) in [5, 5.41) is 0. The minimum atomic E-state index is -4.67. The molecule has 0 aromatic carbocycles. The molecule has 0 radical (unpaired) electrons. The van der Waals surface area contributed by atoms with E-state index in [0.29, 0.717) is 0 Å². The average Bonchev–Trinajstić information content (AvgIpc) is 0.722. The summed E-state index contributed by atoms with van der Waals surface area (Å²) in [7, 11) is -4.67. The van der Waals surface area contributed by atoms with Crippen LogP contribution in [0.3, 0.4) is 0 Å². The maximum atomic E-state index is 8.74. The van der Waals surface area contributed by atoms with Crippen LogP contribution >= 0.6 is 0 Å². The van der Waals surface area contributed by atoms with Crippen molar-refractivity contribution < 1.29 is 34.6 Å². The van der Waals surface area contributed by atoms with Crippen LogP contribution in [0.15, 0.2) is 0 Å². The van der Waals surface area contributed by atoms with Crippen LogP contribution in [0.4, 0.5) is 0 Å². The molecule has 0 unspecified atom stereocenters. The van der Waals surface area contributed by atoms with Gasteiger partial charge >= 0.3 is 61.8 Å². The summed E-state index contributed by atoms with van der Waals surface area (Å²) < 4.78 is 31.6. The molecule has 7 heavy (non-hydrogen) atoms. The molecule has 0 bridgehead atoms. The van der Waals surface area contributed by atoms with Gasteiger partial charge in [-0.3, -0.25) is 9.11 Å². The Labute approximate surface area is 94.5 Å². The van der Waals surface area contributed by atoms with Crippen LogP contribution in [0.2, 0.25) is 0 Å². The van der Waals surface area contributed by atoms with Crippen molar-refractivity contribution in [2.24, 2.45) is 0 Å². The van der Waals surface area contributed by atoms with Crippen molar-refractivity contribution in [1.29, 1.82) is 0 Å². The van der Waals surface area contributed by atoms with Crippen molar-refractivity contribution in [3.8, 4) is 0 Å². The number of hydrogen-bond donors (Lipinski definition) is 2. The summed E-state index contributed by atoms with van der Waals surface area (Å²) in [5.41, 5.74) is 0. The van der Waals surface area contributed by atoms with Crippen LogP contribution in [0.1, 0.15) is 0 Å². The van der Waals surface area contributed by atoms with E-state index in [9.17, 15) is 0 Å². The van der Waals surface area contributed by atoms with E-state index < -0.39 is 10.4 Å². The number of hydrogen-bond acceptors (Lipinski definition) is 2. The van der Waals surface area contributed by atoms with Gasteiger partial charge in [-0.1, -0.05) is 0 Å². The Bertz CT molecular complexity index is 94.9. The van der Waals surface area contributed by atoms with E-state index in [1.54, 1.807) is 0 Å². The Balaban J connectivity index is -0.0000000800.